The smallest absolute Gasteiger partial charge is 0.416 e. The lowest BCUT2D eigenvalue weighted by atomic mass is 9.75. The minimum absolute atomic E-state index is 0.124. The van der Waals surface area contributed by atoms with Crippen LogP contribution >= 0.6 is 0 Å². The molecule has 0 radical (unpaired) electrons. The lowest BCUT2D eigenvalue weighted by molar-refractivity contribution is -0.137. The molecule has 0 saturated carbocycles. The van der Waals surface area contributed by atoms with Crippen LogP contribution in [0.3, 0.4) is 0 Å². The van der Waals surface area contributed by atoms with Crippen molar-refractivity contribution in [3.05, 3.63) is 88.5 Å². The summed E-state index contributed by atoms with van der Waals surface area (Å²) >= 11 is 0. The molecule has 0 bridgehead atoms. The number of benzene rings is 3. The van der Waals surface area contributed by atoms with E-state index in [0.717, 1.165) is 23.3 Å². The van der Waals surface area contributed by atoms with Crippen molar-refractivity contribution in [1.82, 2.24) is 9.80 Å². The molecule has 41 heavy (non-hydrogen) atoms. The predicted molar refractivity (Wildman–Crippen MR) is 146 cm³/mol. The second kappa shape index (κ2) is 10.3. The number of hydrogen-bond donors (Lipinski definition) is 0. The van der Waals surface area contributed by atoms with Gasteiger partial charge in [-0.1, -0.05) is 30.3 Å². The van der Waals surface area contributed by atoms with Crippen LogP contribution in [0.25, 0.3) is 0 Å². The van der Waals surface area contributed by atoms with Crippen LogP contribution < -0.4 is 14.4 Å². The molecule has 7 nitrogen and oxygen atoms in total. The minimum Gasteiger partial charge on any atom is -0.493 e. The Bertz CT molecular complexity index is 1500. The van der Waals surface area contributed by atoms with Crippen molar-refractivity contribution in [3.8, 4) is 11.5 Å². The number of methoxy groups -OCH3 is 2. The lowest BCUT2D eigenvalue weighted by Crippen LogP contribution is -2.54. The molecule has 0 spiro atoms. The number of halogens is 3. The number of nitrogens with zero attached hydrogens (tertiary/aromatic N) is 3. The standard InChI is InChI=1S/C31H30F3N3O4/c1-40-25-17-23-24(18-26(25)41-2)29(38)37-11-10-19-6-3-4-9-22(19)28(37)27(23)30(39)36-14-12-35(13-15-36)21-8-5-7-20(16-21)31(32,33)34/h3-9,16-18,27-28H,10-15H2,1-2H3/t27-,28-/m0/s1. The van der Waals surface area contributed by atoms with Crippen molar-refractivity contribution < 1.29 is 32.2 Å². The van der Waals surface area contributed by atoms with E-state index in [1.807, 2.05) is 29.2 Å². The van der Waals surface area contributed by atoms with Gasteiger partial charge in [0.15, 0.2) is 11.5 Å². The van der Waals surface area contributed by atoms with Crippen molar-refractivity contribution in [2.45, 2.75) is 24.6 Å². The van der Waals surface area contributed by atoms with Gasteiger partial charge in [-0.15, -0.1) is 0 Å². The normalized spacial score (nSPS) is 20.2. The molecule has 1 fully saturated rings. The molecule has 6 rings (SSSR count). The van der Waals surface area contributed by atoms with Gasteiger partial charge in [0.05, 0.1) is 31.7 Å². The SMILES string of the molecule is COc1cc2c(cc1OC)[C@H](C(=O)N1CCN(c3cccc(C(F)(F)F)c3)CC1)[C@@H]1c3ccccc3CCN1C2=O. The average Bonchev–Trinajstić information content (AvgIpc) is 3.00. The molecular formula is C31H30F3N3O4. The molecule has 10 heteroatoms. The highest BCUT2D eigenvalue weighted by Crippen LogP contribution is 2.49. The summed E-state index contributed by atoms with van der Waals surface area (Å²) in [5.74, 6) is -0.107. The summed E-state index contributed by atoms with van der Waals surface area (Å²) in [5, 5.41) is 0. The van der Waals surface area contributed by atoms with E-state index in [1.165, 1.54) is 20.3 Å². The fourth-order valence-electron chi connectivity index (χ4n) is 6.38. The van der Waals surface area contributed by atoms with Crippen LogP contribution in [0, 0.1) is 0 Å². The van der Waals surface area contributed by atoms with E-state index < -0.39 is 23.7 Å². The first kappa shape index (κ1) is 27.0. The Morgan fingerprint density at radius 2 is 1.56 bits per heavy atom. The highest BCUT2D eigenvalue weighted by Gasteiger charge is 2.48. The number of ether oxygens (including phenoxy) is 2. The Labute approximate surface area is 236 Å². The first-order valence-corrected chi connectivity index (χ1v) is 13.6. The third-order valence-electron chi connectivity index (χ3n) is 8.43. The van der Waals surface area contributed by atoms with Gasteiger partial charge in [0.2, 0.25) is 5.91 Å². The molecule has 1 saturated heterocycles. The van der Waals surface area contributed by atoms with Crippen molar-refractivity contribution >= 4 is 17.5 Å². The maximum Gasteiger partial charge on any atom is 0.416 e. The Morgan fingerprint density at radius 1 is 0.854 bits per heavy atom. The van der Waals surface area contributed by atoms with Gasteiger partial charge in [0.25, 0.3) is 5.91 Å². The van der Waals surface area contributed by atoms with E-state index in [2.05, 4.69) is 0 Å². The fourth-order valence-corrected chi connectivity index (χ4v) is 6.38. The van der Waals surface area contributed by atoms with Gasteiger partial charge >= 0.3 is 6.18 Å². The number of hydrogen-bond acceptors (Lipinski definition) is 5. The largest absolute Gasteiger partial charge is 0.493 e. The quantitative estimate of drug-likeness (QED) is 0.450. The number of carbonyl (C=O) groups is 2. The molecule has 0 aromatic heterocycles. The van der Waals surface area contributed by atoms with Crippen LogP contribution in [0.2, 0.25) is 0 Å². The average molecular weight is 566 g/mol. The third kappa shape index (κ3) is 4.65. The summed E-state index contributed by atoms with van der Waals surface area (Å²) in [5.41, 5.74) is 2.85. The second-order valence-corrected chi connectivity index (χ2v) is 10.5. The maximum atomic E-state index is 14.4. The van der Waals surface area contributed by atoms with Crippen LogP contribution in [-0.4, -0.2) is 68.6 Å². The third-order valence-corrected chi connectivity index (χ3v) is 8.43. The second-order valence-electron chi connectivity index (χ2n) is 10.5. The van der Waals surface area contributed by atoms with Gasteiger partial charge in [0.1, 0.15) is 0 Å². The van der Waals surface area contributed by atoms with E-state index in [9.17, 15) is 22.8 Å². The predicted octanol–water partition coefficient (Wildman–Crippen LogP) is 4.91. The molecule has 3 heterocycles. The number of piperazine rings is 1. The van der Waals surface area contributed by atoms with Gasteiger partial charge in [0, 0.05) is 44.0 Å². The van der Waals surface area contributed by atoms with Crippen molar-refractivity contribution in [1.29, 1.82) is 0 Å². The van der Waals surface area contributed by atoms with Crippen LogP contribution in [0.4, 0.5) is 18.9 Å². The van der Waals surface area contributed by atoms with Crippen molar-refractivity contribution in [2.24, 2.45) is 0 Å². The summed E-state index contributed by atoms with van der Waals surface area (Å²) in [4.78, 5) is 33.6. The van der Waals surface area contributed by atoms with E-state index in [1.54, 1.807) is 28.0 Å². The number of anilines is 1. The fraction of sp³-hybridized carbons (Fsp3) is 0.355. The zero-order chi connectivity index (χ0) is 28.9. The lowest BCUT2D eigenvalue weighted by Gasteiger charge is -2.47. The van der Waals surface area contributed by atoms with Gasteiger partial charge in [-0.25, -0.2) is 0 Å². The Balaban J connectivity index is 1.35. The number of alkyl halides is 3. The number of amides is 2. The van der Waals surface area contributed by atoms with Gasteiger partial charge < -0.3 is 24.2 Å². The Morgan fingerprint density at radius 3 is 2.27 bits per heavy atom. The molecule has 3 aromatic rings. The molecule has 0 N–H and O–H groups in total. The van der Waals surface area contributed by atoms with Gasteiger partial charge in [-0.3, -0.25) is 9.59 Å². The van der Waals surface area contributed by atoms with E-state index in [4.69, 9.17) is 9.47 Å². The van der Waals surface area contributed by atoms with E-state index in [-0.39, 0.29) is 11.8 Å². The van der Waals surface area contributed by atoms with Crippen LogP contribution in [0.15, 0.2) is 60.7 Å². The van der Waals surface area contributed by atoms with Crippen LogP contribution in [0.5, 0.6) is 11.5 Å². The Hall–Kier alpha value is -4.21. The summed E-state index contributed by atoms with van der Waals surface area (Å²) in [6, 6.07) is 16.1. The summed E-state index contributed by atoms with van der Waals surface area (Å²) in [6.45, 7) is 1.96. The molecule has 3 aliphatic rings. The molecule has 2 amide bonds. The zero-order valence-electron chi connectivity index (χ0n) is 22.8. The minimum atomic E-state index is -4.43. The highest BCUT2D eigenvalue weighted by atomic mass is 19.4. The summed E-state index contributed by atoms with van der Waals surface area (Å²) < 4.78 is 50.9. The number of carbonyl (C=O) groups excluding carboxylic acids is 2. The number of fused-ring (bicyclic) bond motifs is 4. The molecular weight excluding hydrogens is 535 g/mol. The molecule has 3 aromatic carbocycles. The van der Waals surface area contributed by atoms with Crippen molar-refractivity contribution in [2.75, 3.05) is 51.8 Å². The summed E-state index contributed by atoms with van der Waals surface area (Å²) in [6.07, 6.45) is -3.73. The van der Waals surface area contributed by atoms with E-state index >= 15 is 0 Å². The van der Waals surface area contributed by atoms with Crippen LogP contribution in [0.1, 0.15) is 44.6 Å². The monoisotopic (exact) mass is 565 g/mol. The number of rotatable bonds is 4. The maximum absolute atomic E-state index is 14.4. The first-order chi connectivity index (χ1) is 19.7. The molecule has 0 aliphatic carbocycles. The molecule has 214 valence electrons. The first-order valence-electron chi connectivity index (χ1n) is 13.6. The Kier molecular flexibility index (Phi) is 6.79. The van der Waals surface area contributed by atoms with Crippen LogP contribution in [-0.2, 0) is 17.4 Å². The highest BCUT2D eigenvalue weighted by molar-refractivity contribution is 6.02. The molecule has 3 aliphatic heterocycles. The molecule has 0 unspecified atom stereocenters. The van der Waals surface area contributed by atoms with E-state index in [0.29, 0.717) is 67.5 Å². The zero-order valence-corrected chi connectivity index (χ0v) is 22.8. The van der Waals surface area contributed by atoms with Gasteiger partial charge in [-0.2, -0.15) is 13.2 Å². The van der Waals surface area contributed by atoms with Gasteiger partial charge in [-0.05, 0) is 53.4 Å². The summed E-state index contributed by atoms with van der Waals surface area (Å²) in [7, 11) is 3.02. The molecule has 2 atom stereocenters. The topological polar surface area (TPSA) is 62.3 Å². The van der Waals surface area contributed by atoms with Crippen molar-refractivity contribution in [3.63, 3.8) is 0 Å².